The maximum Gasteiger partial charge on any atom is 0.229 e. The molecule has 2 bridgehead atoms. The van der Waals surface area contributed by atoms with Crippen LogP contribution in [0.5, 0.6) is 0 Å². The molecule has 2 aromatic rings. The molecule has 1 amide bonds. The third-order valence-electron chi connectivity index (χ3n) is 5.50. The van der Waals surface area contributed by atoms with Crippen LogP contribution in [0.2, 0.25) is 5.02 Å². The summed E-state index contributed by atoms with van der Waals surface area (Å²) in [6, 6.07) is -0.114. The molecule has 4 N–H and O–H groups in total. The Hall–Kier alpha value is -2.65. The van der Waals surface area contributed by atoms with E-state index in [-0.39, 0.29) is 29.7 Å². The number of hydrogen-bond acceptors (Lipinski definition) is 7. The van der Waals surface area contributed by atoms with E-state index in [0.29, 0.717) is 16.8 Å². The van der Waals surface area contributed by atoms with Gasteiger partial charge in [-0.15, -0.1) is 0 Å². The molecule has 1 fully saturated rings. The summed E-state index contributed by atoms with van der Waals surface area (Å²) >= 11 is 6.31. The number of allylic oxidation sites excluding steroid dienone is 1. The Morgan fingerprint density at radius 3 is 2.90 bits per heavy atom. The van der Waals surface area contributed by atoms with Gasteiger partial charge in [-0.05, 0) is 32.4 Å². The first kappa shape index (κ1) is 19.7. The molecule has 4 rings (SSSR count). The molecule has 0 aromatic carbocycles. The monoisotopic (exact) mass is 416 g/mol. The van der Waals surface area contributed by atoms with E-state index in [4.69, 9.17) is 17.3 Å². The molecule has 2 aliphatic carbocycles. The number of carbonyl (C=O) groups excluding carboxylic acids is 1. The van der Waals surface area contributed by atoms with Crippen LogP contribution in [0, 0.1) is 17.8 Å². The van der Waals surface area contributed by atoms with E-state index in [1.165, 1.54) is 6.20 Å². The minimum Gasteiger partial charge on any atom is -0.369 e. The standard InChI is InChI=1S/C19H25ClN8O/c1-27(2)5-6-28-10-13(8-23-28)24-19-22-9-14(20)18(26-19)25-16-12-4-3-11(7-12)15(16)17(21)29/h3-4,8-12,15-16H,5-7H2,1-2H3,(H2,21,29)(H2,22,24,25,26)/t11-,12-,15-,16+/m1/s1. The Kier molecular flexibility index (Phi) is 5.42. The zero-order valence-corrected chi connectivity index (χ0v) is 17.2. The number of hydrogen-bond donors (Lipinski definition) is 3. The van der Waals surface area contributed by atoms with Crippen molar-refractivity contribution in [3.8, 4) is 0 Å². The van der Waals surface area contributed by atoms with E-state index in [1.807, 2.05) is 25.0 Å². The molecule has 154 valence electrons. The fourth-order valence-corrected chi connectivity index (χ4v) is 4.22. The van der Waals surface area contributed by atoms with Gasteiger partial charge in [-0.1, -0.05) is 23.8 Å². The Bertz CT molecular complexity index is 927. The normalized spacial score (nSPS) is 25.0. The van der Waals surface area contributed by atoms with E-state index in [2.05, 4.69) is 42.8 Å². The molecule has 0 unspecified atom stereocenters. The molecule has 10 heteroatoms. The Labute approximate surface area is 174 Å². The van der Waals surface area contributed by atoms with Crippen LogP contribution in [-0.2, 0) is 11.3 Å². The van der Waals surface area contributed by atoms with Crippen molar-refractivity contribution in [1.29, 1.82) is 0 Å². The van der Waals surface area contributed by atoms with Gasteiger partial charge in [-0.25, -0.2) is 4.98 Å². The van der Waals surface area contributed by atoms with Gasteiger partial charge in [0.2, 0.25) is 11.9 Å². The summed E-state index contributed by atoms with van der Waals surface area (Å²) < 4.78 is 1.86. The lowest BCUT2D eigenvalue weighted by molar-refractivity contribution is -0.122. The van der Waals surface area contributed by atoms with E-state index < -0.39 is 0 Å². The molecule has 1 saturated carbocycles. The van der Waals surface area contributed by atoms with Gasteiger partial charge < -0.3 is 21.3 Å². The van der Waals surface area contributed by atoms with Crippen molar-refractivity contribution in [1.82, 2.24) is 24.6 Å². The number of nitrogens with one attached hydrogen (secondary N) is 2. The minimum absolute atomic E-state index is 0.114. The average molecular weight is 417 g/mol. The van der Waals surface area contributed by atoms with E-state index in [9.17, 15) is 4.79 Å². The van der Waals surface area contributed by atoms with Gasteiger partial charge in [0.15, 0.2) is 5.82 Å². The van der Waals surface area contributed by atoms with Crippen LogP contribution in [0.4, 0.5) is 17.5 Å². The highest BCUT2D eigenvalue weighted by Gasteiger charge is 2.47. The first-order valence-corrected chi connectivity index (χ1v) is 9.99. The van der Waals surface area contributed by atoms with Crippen LogP contribution in [0.1, 0.15) is 6.42 Å². The van der Waals surface area contributed by atoms with Crippen LogP contribution >= 0.6 is 11.6 Å². The number of nitrogens with two attached hydrogens (primary N) is 1. The number of primary amides is 1. The van der Waals surface area contributed by atoms with Crippen molar-refractivity contribution in [3.05, 3.63) is 35.8 Å². The predicted molar refractivity (Wildman–Crippen MR) is 112 cm³/mol. The highest BCUT2D eigenvalue weighted by molar-refractivity contribution is 6.32. The van der Waals surface area contributed by atoms with Gasteiger partial charge in [0.1, 0.15) is 5.02 Å². The summed E-state index contributed by atoms with van der Waals surface area (Å²) in [6.45, 7) is 1.68. The van der Waals surface area contributed by atoms with Crippen molar-refractivity contribution >= 4 is 35.0 Å². The third kappa shape index (κ3) is 4.20. The van der Waals surface area contributed by atoms with Crippen LogP contribution in [0.15, 0.2) is 30.7 Å². The summed E-state index contributed by atoms with van der Waals surface area (Å²) in [7, 11) is 4.04. The number of likely N-dealkylation sites (N-methyl/N-ethyl adjacent to an activating group) is 1. The lowest BCUT2D eigenvalue weighted by atomic mass is 9.88. The first-order chi connectivity index (χ1) is 13.9. The third-order valence-corrected chi connectivity index (χ3v) is 5.78. The second-order valence-electron chi connectivity index (χ2n) is 7.86. The summed E-state index contributed by atoms with van der Waals surface area (Å²) in [4.78, 5) is 22.8. The van der Waals surface area contributed by atoms with Crippen molar-refractivity contribution < 1.29 is 4.79 Å². The average Bonchev–Trinajstić information content (AvgIpc) is 3.39. The number of aromatic nitrogens is 4. The first-order valence-electron chi connectivity index (χ1n) is 9.61. The second-order valence-corrected chi connectivity index (χ2v) is 8.26. The number of fused-ring (bicyclic) bond motifs is 2. The fraction of sp³-hybridized carbons (Fsp3) is 0.474. The van der Waals surface area contributed by atoms with Crippen molar-refractivity contribution in [2.24, 2.45) is 23.5 Å². The predicted octanol–water partition coefficient (Wildman–Crippen LogP) is 1.72. The molecule has 2 heterocycles. The van der Waals surface area contributed by atoms with Crippen LogP contribution < -0.4 is 16.4 Å². The van der Waals surface area contributed by atoms with E-state index >= 15 is 0 Å². The largest absolute Gasteiger partial charge is 0.369 e. The highest BCUT2D eigenvalue weighted by Crippen LogP contribution is 2.45. The van der Waals surface area contributed by atoms with Gasteiger partial charge in [-0.3, -0.25) is 9.48 Å². The molecule has 0 radical (unpaired) electrons. The zero-order valence-electron chi connectivity index (χ0n) is 16.4. The Morgan fingerprint density at radius 2 is 2.14 bits per heavy atom. The molecular weight excluding hydrogens is 392 g/mol. The van der Waals surface area contributed by atoms with Gasteiger partial charge >= 0.3 is 0 Å². The van der Waals surface area contributed by atoms with E-state index in [0.717, 1.165) is 25.2 Å². The van der Waals surface area contributed by atoms with Crippen molar-refractivity contribution in [3.63, 3.8) is 0 Å². The summed E-state index contributed by atoms with van der Waals surface area (Å²) in [6.07, 6.45) is 10.3. The molecular formula is C19H25ClN8O. The quantitative estimate of drug-likeness (QED) is 0.561. The maximum absolute atomic E-state index is 11.9. The molecule has 2 aromatic heterocycles. The fourth-order valence-electron chi connectivity index (χ4n) is 4.08. The maximum atomic E-state index is 11.9. The number of carbonyl (C=O) groups is 1. The van der Waals surface area contributed by atoms with E-state index in [1.54, 1.807) is 6.20 Å². The zero-order chi connectivity index (χ0) is 20.5. The summed E-state index contributed by atoms with van der Waals surface area (Å²) in [5.74, 6) is 0.756. The molecule has 29 heavy (non-hydrogen) atoms. The summed E-state index contributed by atoms with van der Waals surface area (Å²) in [5.41, 5.74) is 6.43. The Balaban J connectivity index is 1.47. The van der Waals surface area contributed by atoms with Gasteiger partial charge in [0.05, 0.1) is 30.5 Å². The number of anilines is 3. The Morgan fingerprint density at radius 1 is 1.34 bits per heavy atom. The SMILES string of the molecule is CN(C)CCn1cc(Nc2ncc(Cl)c(N[C@@H]3[C@H](C(N)=O)[C@@H]4C=C[C@@H]3C4)n2)cn1. The van der Waals surface area contributed by atoms with Gasteiger partial charge in [0.25, 0.3) is 0 Å². The summed E-state index contributed by atoms with van der Waals surface area (Å²) in [5, 5.41) is 11.2. The number of rotatable bonds is 8. The highest BCUT2D eigenvalue weighted by atomic mass is 35.5. The molecule has 9 nitrogen and oxygen atoms in total. The van der Waals surface area contributed by atoms with Gasteiger partial charge in [0, 0.05) is 18.8 Å². The molecule has 2 aliphatic rings. The van der Waals surface area contributed by atoms with Crippen LogP contribution in [0.25, 0.3) is 0 Å². The smallest absolute Gasteiger partial charge is 0.229 e. The number of halogens is 1. The van der Waals surface area contributed by atoms with Crippen molar-refractivity contribution in [2.75, 3.05) is 31.3 Å². The minimum atomic E-state index is -0.298. The molecule has 0 saturated heterocycles. The van der Waals surface area contributed by atoms with Crippen molar-refractivity contribution in [2.45, 2.75) is 19.0 Å². The molecule has 0 aliphatic heterocycles. The second kappa shape index (κ2) is 8.00. The number of amides is 1. The van der Waals surface area contributed by atoms with Crippen LogP contribution in [0.3, 0.4) is 0 Å². The lowest BCUT2D eigenvalue weighted by Gasteiger charge is -2.27. The lowest BCUT2D eigenvalue weighted by Crippen LogP contribution is -2.41. The topological polar surface area (TPSA) is 114 Å². The van der Waals surface area contributed by atoms with Gasteiger partial charge in [-0.2, -0.15) is 10.1 Å². The molecule has 4 atom stereocenters. The molecule has 0 spiro atoms. The van der Waals surface area contributed by atoms with Crippen LogP contribution in [-0.4, -0.2) is 57.2 Å². The number of nitrogens with zero attached hydrogens (tertiary/aromatic N) is 5.